The Hall–Kier alpha value is -2.12. The van der Waals surface area contributed by atoms with Crippen molar-refractivity contribution in [3.63, 3.8) is 0 Å². The van der Waals surface area contributed by atoms with Gasteiger partial charge in [-0.3, -0.25) is 9.00 Å². The third-order valence-electron chi connectivity index (χ3n) is 3.03. The van der Waals surface area contributed by atoms with Crippen molar-refractivity contribution in [2.45, 2.75) is 12.4 Å². The average Bonchev–Trinajstić information content (AvgIpc) is 2.50. The second-order valence-corrected chi connectivity index (χ2v) is 6.33. The van der Waals surface area contributed by atoms with E-state index in [-0.39, 0.29) is 23.8 Å². The number of rotatable bonds is 6. The molecular weight excluding hydrogens is 324 g/mol. The average molecular weight is 339 g/mol. The lowest BCUT2D eigenvalue weighted by molar-refractivity contribution is -0.113. The van der Waals surface area contributed by atoms with Crippen molar-refractivity contribution in [1.82, 2.24) is 0 Å². The number of hydrogen-bond acceptors (Lipinski definition) is 3. The van der Waals surface area contributed by atoms with Crippen LogP contribution in [0.15, 0.2) is 42.5 Å². The van der Waals surface area contributed by atoms with Crippen LogP contribution in [-0.2, 0) is 28.0 Å². The minimum absolute atomic E-state index is 0.0744. The molecule has 0 fully saturated rings. The molecule has 0 saturated heterocycles. The molecule has 0 aliphatic rings. The van der Waals surface area contributed by atoms with E-state index in [1.807, 2.05) is 0 Å². The molecule has 0 bridgehead atoms. The molecule has 1 unspecified atom stereocenters. The predicted octanol–water partition coefficient (Wildman–Crippen LogP) is 2.34. The van der Waals surface area contributed by atoms with Gasteiger partial charge >= 0.3 is 0 Å². The Morgan fingerprint density at radius 1 is 1.09 bits per heavy atom. The highest BCUT2D eigenvalue weighted by Gasteiger charge is 2.12. The zero-order valence-corrected chi connectivity index (χ0v) is 12.9. The molecule has 0 saturated carbocycles. The van der Waals surface area contributed by atoms with Crippen molar-refractivity contribution >= 4 is 22.4 Å². The van der Waals surface area contributed by atoms with E-state index in [1.165, 1.54) is 0 Å². The molecule has 0 aromatic heterocycles. The number of amides is 1. The number of benzene rings is 2. The van der Waals surface area contributed by atoms with E-state index >= 15 is 0 Å². The first-order chi connectivity index (χ1) is 11.0. The van der Waals surface area contributed by atoms with Crippen LogP contribution in [-0.4, -0.2) is 21.0 Å². The Balaban J connectivity index is 1.90. The Labute approximate surface area is 134 Å². The van der Waals surface area contributed by atoms with Crippen molar-refractivity contribution in [1.29, 1.82) is 0 Å². The quantitative estimate of drug-likeness (QED) is 0.849. The maximum atomic E-state index is 13.4. The summed E-state index contributed by atoms with van der Waals surface area (Å²) in [5, 5.41) is 11.2. The molecule has 23 heavy (non-hydrogen) atoms. The first-order valence-corrected chi connectivity index (χ1v) is 8.25. The zero-order valence-electron chi connectivity index (χ0n) is 12.1. The Kier molecular flexibility index (Phi) is 5.95. The normalized spacial score (nSPS) is 12.0. The van der Waals surface area contributed by atoms with Crippen molar-refractivity contribution in [3.05, 3.63) is 65.2 Å². The number of aliphatic hydroxyl groups is 1. The van der Waals surface area contributed by atoms with Crippen LogP contribution in [0.2, 0.25) is 0 Å². The second kappa shape index (κ2) is 7.94. The van der Waals surface area contributed by atoms with Crippen molar-refractivity contribution < 1.29 is 22.9 Å². The van der Waals surface area contributed by atoms with E-state index in [0.29, 0.717) is 6.07 Å². The molecule has 4 nitrogen and oxygen atoms in total. The van der Waals surface area contributed by atoms with Gasteiger partial charge in [-0.05, 0) is 23.3 Å². The van der Waals surface area contributed by atoms with Crippen molar-refractivity contribution in [3.8, 4) is 0 Å². The fourth-order valence-corrected chi connectivity index (χ4v) is 2.93. The number of aliphatic hydroxyl groups excluding tert-OH is 1. The standard InChI is InChI=1S/C16H15F2NO3S/c17-13-5-6-15(14(18)7-13)19-16(21)10-23(22)9-12-3-1-11(8-20)2-4-12/h1-7,20H,8-10H2,(H,19,21). The van der Waals surface area contributed by atoms with Crippen LogP contribution in [0.5, 0.6) is 0 Å². The van der Waals surface area contributed by atoms with Gasteiger partial charge in [-0.15, -0.1) is 0 Å². The number of nitrogens with one attached hydrogen (secondary N) is 1. The highest BCUT2D eigenvalue weighted by Crippen LogP contribution is 2.15. The lowest BCUT2D eigenvalue weighted by Crippen LogP contribution is -2.20. The highest BCUT2D eigenvalue weighted by molar-refractivity contribution is 7.84. The van der Waals surface area contributed by atoms with Gasteiger partial charge in [-0.1, -0.05) is 24.3 Å². The number of carbonyl (C=O) groups is 1. The van der Waals surface area contributed by atoms with Crippen LogP contribution in [0.4, 0.5) is 14.5 Å². The van der Waals surface area contributed by atoms with Crippen LogP contribution in [0.1, 0.15) is 11.1 Å². The minimum atomic E-state index is -1.47. The molecular formula is C16H15F2NO3S. The summed E-state index contributed by atoms with van der Waals surface area (Å²) in [7, 11) is -1.47. The molecule has 0 spiro atoms. The van der Waals surface area contributed by atoms with Gasteiger partial charge < -0.3 is 10.4 Å². The number of hydrogen-bond donors (Lipinski definition) is 2. The van der Waals surface area contributed by atoms with Crippen molar-refractivity contribution in [2.24, 2.45) is 0 Å². The van der Waals surface area contributed by atoms with E-state index in [2.05, 4.69) is 5.32 Å². The Morgan fingerprint density at radius 3 is 2.35 bits per heavy atom. The third kappa shape index (κ3) is 5.22. The molecule has 2 aromatic carbocycles. The summed E-state index contributed by atoms with van der Waals surface area (Å²) in [6.07, 6.45) is 0. The van der Waals surface area contributed by atoms with Crippen LogP contribution < -0.4 is 5.32 Å². The summed E-state index contributed by atoms with van der Waals surface area (Å²) < 4.78 is 38.1. The van der Waals surface area contributed by atoms with Gasteiger partial charge in [0.1, 0.15) is 17.4 Å². The fraction of sp³-hybridized carbons (Fsp3) is 0.188. The lowest BCUT2D eigenvalue weighted by Gasteiger charge is -2.07. The smallest absolute Gasteiger partial charge is 0.237 e. The molecule has 7 heteroatoms. The van der Waals surface area contributed by atoms with Gasteiger partial charge in [0.25, 0.3) is 0 Å². The second-order valence-electron chi connectivity index (χ2n) is 4.88. The van der Waals surface area contributed by atoms with Gasteiger partial charge in [0, 0.05) is 22.6 Å². The van der Waals surface area contributed by atoms with Crippen LogP contribution >= 0.6 is 0 Å². The molecule has 1 amide bonds. The van der Waals surface area contributed by atoms with E-state index in [9.17, 15) is 17.8 Å². The molecule has 2 aromatic rings. The van der Waals surface area contributed by atoms with E-state index in [0.717, 1.165) is 23.3 Å². The van der Waals surface area contributed by atoms with Crippen LogP contribution in [0.25, 0.3) is 0 Å². The molecule has 0 radical (unpaired) electrons. The van der Waals surface area contributed by atoms with E-state index in [4.69, 9.17) is 5.11 Å². The monoisotopic (exact) mass is 339 g/mol. The first kappa shape index (κ1) is 17.2. The summed E-state index contributed by atoms with van der Waals surface area (Å²) >= 11 is 0. The topological polar surface area (TPSA) is 66.4 Å². The largest absolute Gasteiger partial charge is 0.392 e. The van der Waals surface area contributed by atoms with E-state index < -0.39 is 28.3 Å². The van der Waals surface area contributed by atoms with Gasteiger partial charge in [-0.25, -0.2) is 8.78 Å². The SMILES string of the molecule is O=C(CS(=O)Cc1ccc(CO)cc1)Nc1ccc(F)cc1F. The molecule has 122 valence electrons. The maximum absolute atomic E-state index is 13.4. The molecule has 2 rings (SSSR count). The van der Waals surface area contributed by atoms with Crippen LogP contribution in [0.3, 0.4) is 0 Å². The molecule has 1 atom stereocenters. The van der Waals surface area contributed by atoms with Crippen molar-refractivity contribution in [2.75, 3.05) is 11.1 Å². The number of halogens is 2. The van der Waals surface area contributed by atoms with Gasteiger partial charge in [0.15, 0.2) is 0 Å². The highest BCUT2D eigenvalue weighted by atomic mass is 32.2. The summed E-state index contributed by atoms with van der Waals surface area (Å²) in [5.74, 6) is -2.36. The van der Waals surface area contributed by atoms with Gasteiger partial charge in [-0.2, -0.15) is 0 Å². The number of anilines is 1. The number of carbonyl (C=O) groups excluding carboxylic acids is 1. The summed E-state index contributed by atoms with van der Waals surface area (Å²) in [6, 6.07) is 9.66. The molecule has 0 heterocycles. The van der Waals surface area contributed by atoms with Gasteiger partial charge in [0.05, 0.1) is 12.3 Å². The third-order valence-corrected chi connectivity index (χ3v) is 4.27. The Morgan fingerprint density at radius 2 is 1.74 bits per heavy atom. The first-order valence-electron chi connectivity index (χ1n) is 6.76. The Bertz CT molecular complexity index is 720. The fourth-order valence-electron chi connectivity index (χ4n) is 1.90. The van der Waals surface area contributed by atoms with Gasteiger partial charge in [0.2, 0.25) is 5.91 Å². The predicted molar refractivity (Wildman–Crippen MR) is 84.1 cm³/mol. The molecule has 2 N–H and O–H groups in total. The maximum Gasteiger partial charge on any atom is 0.237 e. The minimum Gasteiger partial charge on any atom is -0.392 e. The van der Waals surface area contributed by atoms with Crippen LogP contribution in [0, 0.1) is 11.6 Å². The molecule has 0 aliphatic heterocycles. The molecule has 0 aliphatic carbocycles. The lowest BCUT2D eigenvalue weighted by atomic mass is 10.2. The summed E-state index contributed by atoms with van der Waals surface area (Å²) in [6.45, 7) is -0.0744. The van der Waals surface area contributed by atoms with E-state index in [1.54, 1.807) is 24.3 Å². The summed E-state index contributed by atoms with van der Waals surface area (Å²) in [4.78, 5) is 11.8. The zero-order chi connectivity index (χ0) is 16.8. The summed E-state index contributed by atoms with van der Waals surface area (Å²) in [5.41, 5.74) is 1.35.